The highest BCUT2D eigenvalue weighted by molar-refractivity contribution is 5.95. The first-order chi connectivity index (χ1) is 10.3. The summed E-state index contributed by atoms with van der Waals surface area (Å²) < 4.78 is 17.0. The highest BCUT2D eigenvalue weighted by Gasteiger charge is 2.46. The zero-order valence-electron chi connectivity index (χ0n) is 13.6. The van der Waals surface area contributed by atoms with E-state index in [4.69, 9.17) is 14.2 Å². The maximum absolute atomic E-state index is 12.5. The second kappa shape index (κ2) is 5.16. The third-order valence-corrected chi connectivity index (χ3v) is 4.18. The Hall–Kier alpha value is -1.75. The minimum absolute atomic E-state index is 0.0248. The number of hydrogen-bond acceptors (Lipinski definition) is 4. The highest BCUT2D eigenvalue weighted by Crippen LogP contribution is 2.37. The summed E-state index contributed by atoms with van der Waals surface area (Å²) in [5, 5.41) is 3.09. The molecule has 0 aromatic heterocycles. The summed E-state index contributed by atoms with van der Waals surface area (Å²) in [7, 11) is 0. The van der Waals surface area contributed by atoms with Crippen LogP contribution in [0, 0.1) is 0 Å². The molecule has 0 unspecified atom stereocenters. The number of carbonyl (C=O) groups is 1. The van der Waals surface area contributed by atoms with E-state index >= 15 is 0 Å². The van der Waals surface area contributed by atoms with Crippen LogP contribution in [0.4, 0.5) is 0 Å². The zero-order valence-corrected chi connectivity index (χ0v) is 13.6. The van der Waals surface area contributed by atoms with E-state index in [-0.39, 0.29) is 23.2 Å². The lowest BCUT2D eigenvalue weighted by Crippen LogP contribution is -2.46. The van der Waals surface area contributed by atoms with Gasteiger partial charge in [0.2, 0.25) is 0 Å². The lowest BCUT2D eigenvalue weighted by atomic mass is 9.94. The number of hydrogen-bond donors (Lipinski definition) is 1. The molecule has 2 aliphatic heterocycles. The molecule has 2 heterocycles. The van der Waals surface area contributed by atoms with Crippen molar-refractivity contribution in [3.8, 4) is 11.5 Å². The third-order valence-electron chi connectivity index (χ3n) is 4.18. The van der Waals surface area contributed by atoms with E-state index in [2.05, 4.69) is 5.32 Å². The summed E-state index contributed by atoms with van der Waals surface area (Å²) in [5.74, 6) is 1.20. The summed E-state index contributed by atoms with van der Waals surface area (Å²) >= 11 is 0. The maximum Gasteiger partial charge on any atom is 0.251 e. The van der Waals surface area contributed by atoms with Crippen molar-refractivity contribution >= 4 is 5.91 Å². The predicted octanol–water partition coefficient (Wildman–Crippen LogP) is 2.53. The minimum atomic E-state index is -0.382. The van der Waals surface area contributed by atoms with Crippen molar-refractivity contribution in [3.05, 3.63) is 23.8 Å². The number of carbonyl (C=O) groups excluding carboxylic acids is 1. The van der Waals surface area contributed by atoms with E-state index < -0.39 is 0 Å². The van der Waals surface area contributed by atoms with E-state index in [1.807, 2.05) is 27.7 Å². The van der Waals surface area contributed by atoms with Crippen molar-refractivity contribution in [2.24, 2.45) is 0 Å². The second-order valence-electron chi connectivity index (χ2n) is 7.05. The molecule has 1 fully saturated rings. The molecular formula is C17H23NO4. The van der Waals surface area contributed by atoms with Gasteiger partial charge in [-0.25, -0.2) is 0 Å². The maximum atomic E-state index is 12.5. The predicted molar refractivity (Wildman–Crippen MR) is 82.5 cm³/mol. The Morgan fingerprint density at radius 1 is 1.14 bits per heavy atom. The molecule has 1 saturated heterocycles. The molecule has 0 aliphatic carbocycles. The Balaban J connectivity index is 1.75. The first kappa shape index (κ1) is 15.2. The van der Waals surface area contributed by atoms with Gasteiger partial charge in [0.05, 0.1) is 17.2 Å². The van der Waals surface area contributed by atoms with E-state index in [1.165, 1.54) is 0 Å². The Morgan fingerprint density at radius 3 is 2.45 bits per heavy atom. The van der Waals surface area contributed by atoms with E-state index in [0.29, 0.717) is 30.3 Å². The van der Waals surface area contributed by atoms with Gasteiger partial charge in [-0.1, -0.05) is 0 Å². The molecule has 0 spiro atoms. The summed E-state index contributed by atoms with van der Waals surface area (Å²) in [6.45, 7) is 9.17. The molecule has 5 heteroatoms. The summed E-state index contributed by atoms with van der Waals surface area (Å²) in [4.78, 5) is 12.5. The van der Waals surface area contributed by atoms with E-state index in [9.17, 15) is 4.79 Å². The minimum Gasteiger partial charge on any atom is -0.486 e. The largest absolute Gasteiger partial charge is 0.486 e. The fraction of sp³-hybridized carbons (Fsp3) is 0.588. The lowest BCUT2D eigenvalue weighted by Gasteiger charge is -2.27. The number of ether oxygens (including phenoxy) is 3. The van der Waals surface area contributed by atoms with Crippen LogP contribution in [-0.4, -0.2) is 36.4 Å². The van der Waals surface area contributed by atoms with Gasteiger partial charge in [0.15, 0.2) is 11.5 Å². The average molecular weight is 305 g/mol. The Kier molecular flexibility index (Phi) is 3.56. The quantitative estimate of drug-likeness (QED) is 0.912. The molecule has 3 rings (SSSR count). The highest BCUT2D eigenvalue weighted by atomic mass is 16.6. The molecule has 1 N–H and O–H groups in total. The fourth-order valence-electron chi connectivity index (χ4n) is 3.21. The van der Waals surface area contributed by atoms with Crippen LogP contribution in [0.15, 0.2) is 18.2 Å². The average Bonchev–Trinajstić information content (AvgIpc) is 2.65. The van der Waals surface area contributed by atoms with Crippen molar-refractivity contribution in [2.75, 3.05) is 13.2 Å². The number of nitrogens with one attached hydrogen (secondary N) is 1. The molecule has 1 atom stereocenters. The molecule has 2 aliphatic rings. The molecular weight excluding hydrogens is 282 g/mol. The number of rotatable bonds is 2. The van der Waals surface area contributed by atoms with Crippen molar-refractivity contribution < 1.29 is 19.0 Å². The monoisotopic (exact) mass is 305 g/mol. The van der Waals surface area contributed by atoms with Crippen LogP contribution in [-0.2, 0) is 4.74 Å². The van der Waals surface area contributed by atoms with Gasteiger partial charge in [0.1, 0.15) is 13.2 Å². The fourth-order valence-corrected chi connectivity index (χ4v) is 3.21. The van der Waals surface area contributed by atoms with E-state index in [0.717, 1.165) is 6.42 Å². The van der Waals surface area contributed by atoms with Gasteiger partial charge in [0.25, 0.3) is 5.91 Å². The Labute approximate surface area is 130 Å². The third kappa shape index (κ3) is 2.90. The number of benzene rings is 1. The van der Waals surface area contributed by atoms with Gasteiger partial charge in [-0.2, -0.15) is 0 Å². The molecule has 5 nitrogen and oxygen atoms in total. The van der Waals surface area contributed by atoms with Crippen LogP contribution in [0.2, 0.25) is 0 Å². The molecule has 22 heavy (non-hydrogen) atoms. The number of amides is 1. The molecule has 1 aromatic rings. The standard InChI is InChI=1S/C17H23NO4/c1-16(2)10-14(17(3,4)22-16)18-15(19)11-5-6-12-13(9-11)21-8-7-20-12/h5-6,9,14H,7-8,10H2,1-4H3,(H,18,19)/t14-/m1/s1. The van der Waals surface area contributed by atoms with Crippen molar-refractivity contribution in [2.45, 2.75) is 51.4 Å². The van der Waals surface area contributed by atoms with Crippen molar-refractivity contribution in [3.63, 3.8) is 0 Å². The first-order valence-electron chi connectivity index (χ1n) is 7.68. The summed E-state index contributed by atoms with van der Waals surface area (Å²) in [6, 6.07) is 5.25. The van der Waals surface area contributed by atoms with Gasteiger partial charge in [-0.05, 0) is 52.3 Å². The van der Waals surface area contributed by atoms with Crippen LogP contribution < -0.4 is 14.8 Å². The van der Waals surface area contributed by atoms with Crippen LogP contribution in [0.1, 0.15) is 44.5 Å². The molecule has 1 aromatic carbocycles. The topological polar surface area (TPSA) is 56.8 Å². The Bertz CT molecular complexity index is 594. The molecule has 0 saturated carbocycles. The van der Waals surface area contributed by atoms with Gasteiger partial charge in [-0.3, -0.25) is 4.79 Å². The lowest BCUT2D eigenvalue weighted by molar-refractivity contribution is -0.0693. The smallest absolute Gasteiger partial charge is 0.251 e. The second-order valence-corrected chi connectivity index (χ2v) is 7.05. The first-order valence-corrected chi connectivity index (χ1v) is 7.68. The summed E-state index contributed by atoms with van der Waals surface area (Å²) in [5.41, 5.74) is -0.0360. The normalized spacial score (nSPS) is 24.8. The summed E-state index contributed by atoms with van der Waals surface area (Å²) in [6.07, 6.45) is 0.788. The van der Waals surface area contributed by atoms with Crippen LogP contribution in [0.5, 0.6) is 11.5 Å². The van der Waals surface area contributed by atoms with Gasteiger partial charge in [-0.15, -0.1) is 0 Å². The molecule has 0 bridgehead atoms. The SMILES string of the molecule is CC1(C)C[C@@H](NC(=O)c2ccc3c(c2)OCCO3)C(C)(C)O1. The van der Waals surface area contributed by atoms with Crippen molar-refractivity contribution in [1.29, 1.82) is 0 Å². The molecule has 120 valence electrons. The molecule has 0 radical (unpaired) electrons. The van der Waals surface area contributed by atoms with Gasteiger partial charge < -0.3 is 19.5 Å². The van der Waals surface area contributed by atoms with Crippen LogP contribution >= 0.6 is 0 Å². The van der Waals surface area contributed by atoms with E-state index in [1.54, 1.807) is 18.2 Å². The van der Waals surface area contributed by atoms with Gasteiger partial charge in [0, 0.05) is 5.56 Å². The number of fused-ring (bicyclic) bond motifs is 1. The zero-order chi connectivity index (χ0) is 16.0. The molecule has 1 amide bonds. The van der Waals surface area contributed by atoms with Crippen molar-refractivity contribution in [1.82, 2.24) is 5.32 Å². The van der Waals surface area contributed by atoms with Crippen LogP contribution in [0.3, 0.4) is 0 Å². The Morgan fingerprint density at radius 2 is 1.82 bits per heavy atom. The van der Waals surface area contributed by atoms with Crippen LogP contribution in [0.25, 0.3) is 0 Å². The van der Waals surface area contributed by atoms with Gasteiger partial charge >= 0.3 is 0 Å².